The topological polar surface area (TPSA) is 105 Å². The van der Waals surface area contributed by atoms with Crippen LogP contribution in [0.2, 0.25) is 0 Å². The number of hydrogen-bond acceptors (Lipinski definition) is 6. The van der Waals surface area contributed by atoms with Gasteiger partial charge in [-0.15, -0.1) is 0 Å². The minimum absolute atomic E-state index is 0.236. The molecule has 1 aromatic heterocycles. The van der Waals surface area contributed by atoms with Crippen LogP contribution in [0.5, 0.6) is 0 Å². The highest BCUT2D eigenvalue weighted by atomic mass is 32.2. The van der Waals surface area contributed by atoms with Crippen LogP contribution in [0.1, 0.15) is 18.4 Å². The third-order valence-electron chi connectivity index (χ3n) is 3.50. The molecule has 0 saturated carbocycles. The lowest BCUT2D eigenvalue weighted by Crippen LogP contribution is -2.41. The zero-order valence-electron chi connectivity index (χ0n) is 11.9. The van der Waals surface area contributed by atoms with E-state index in [1.165, 1.54) is 0 Å². The number of carbonyl (C=O) groups is 1. The first-order chi connectivity index (χ1) is 9.83. The molecule has 0 unspecified atom stereocenters. The molecule has 1 aliphatic heterocycles. The fourth-order valence-electron chi connectivity index (χ4n) is 2.41. The van der Waals surface area contributed by atoms with Crippen LogP contribution in [0.4, 0.5) is 5.82 Å². The second kappa shape index (κ2) is 6.40. The monoisotopic (exact) mass is 312 g/mol. The van der Waals surface area contributed by atoms with Crippen molar-refractivity contribution in [3.8, 4) is 0 Å². The van der Waals surface area contributed by atoms with Crippen LogP contribution in [-0.2, 0) is 21.4 Å². The summed E-state index contributed by atoms with van der Waals surface area (Å²) in [5.41, 5.74) is 6.62. The van der Waals surface area contributed by atoms with Gasteiger partial charge in [-0.25, -0.2) is 13.4 Å². The van der Waals surface area contributed by atoms with Crippen LogP contribution in [0.25, 0.3) is 0 Å². The van der Waals surface area contributed by atoms with Gasteiger partial charge in [0.05, 0.1) is 6.26 Å². The smallest absolute Gasteiger partial charge is 0.236 e. The lowest BCUT2D eigenvalue weighted by molar-refractivity contribution is -0.124. The van der Waals surface area contributed by atoms with Crippen molar-refractivity contribution in [2.75, 3.05) is 25.1 Å². The van der Waals surface area contributed by atoms with Gasteiger partial charge in [-0.1, -0.05) is 6.07 Å². The number of nitrogens with zero attached hydrogens (tertiary/aromatic N) is 2. The lowest BCUT2D eigenvalue weighted by atomic mass is 9.96. The number of likely N-dealkylation sites (tertiary alicyclic amines) is 1. The van der Waals surface area contributed by atoms with E-state index in [1.54, 1.807) is 12.3 Å². The summed E-state index contributed by atoms with van der Waals surface area (Å²) in [5, 5.41) is 0. The van der Waals surface area contributed by atoms with Gasteiger partial charge in [-0.05, 0) is 37.6 Å². The maximum Gasteiger partial charge on any atom is 0.236 e. The number of pyridine rings is 1. The first kappa shape index (κ1) is 15.7. The van der Waals surface area contributed by atoms with Crippen molar-refractivity contribution >= 4 is 21.7 Å². The zero-order valence-corrected chi connectivity index (χ0v) is 12.8. The van der Waals surface area contributed by atoms with Crippen molar-refractivity contribution < 1.29 is 13.2 Å². The molecule has 0 spiro atoms. The molecule has 1 aromatic rings. The molecular formula is C13H20N4O3S. The predicted octanol–water partition coefficient (Wildman–Crippen LogP) is -0.0484. The number of anilines is 1. The van der Waals surface area contributed by atoms with Gasteiger partial charge < -0.3 is 5.73 Å². The molecule has 116 valence electrons. The number of amides is 1. The fourth-order valence-corrected chi connectivity index (χ4v) is 2.94. The van der Waals surface area contributed by atoms with Gasteiger partial charge in [0.2, 0.25) is 15.9 Å². The highest BCUT2D eigenvalue weighted by Gasteiger charge is 2.26. The van der Waals surface area contributed by atoms with Gasteiger partial charge in [0, 0.05) is 18.7 Å². The third kappa shape index (κ3) is 4.98. The summed E-state index contributed by atoms with van der Waals surface area (Å²) in [6, 6.07) is 3.70. The van der Waals surface area contributed by atoms with Crippen LogP contribution >= 0.6 is 0 Å². The molecule has 1 amide bonds. The van der Waals surface area contributed by atoms with E-state index in [2.05, 4.69) is 14.6 Å². The van der Waals surface area contributed by atoms with E-state index in [4.69, 9.17) is 5.73 Å². The predicted molar refractivity (Wildman–Crippen MR) is 79.6 cm³/mol. The molecule has 1 saturated heterocycles. The average Bonchev–Trinajstić information content (AvgIpc) is 2.40. The Morgan fingerprint density at radius 3 is 2.62 bits per heavy atom. The largest absolute Gasteiger partial charge is 0.384 e. The van der Waals surface area contributed by atoms with Crippen molar-refractivity contribution in [2.45, 2.75) is 19.4 Å². The molecule has 0 aromatic carbocycles. The summed E-state index contributed by atoms with van der Waals surface area (Å²) in [6.07, 6.45) is 4.05. The van der Waals surface area contributed by atoms with Crippen molar-refractivity contribution in [1.29, 1.82) is 0 Å². The number of rotatable bonds is 4. The lowest BCUT2D eigenvalue weighted by Gasteiger charge is -2.31. The number of hydrogen-bond donors (Lipinski definition) is 2. The van der Waals surface area contributed by atoms with Crippen LogP contribution in [-0.4, -0.2) is 43.6 Å². The van der Waals surface area contributed by atoms with E-state index in [0.717, 1.165) is 31.5 Å². The highest BCUT2D eigenvalue weighted by Crippen LogP contribution is 2.19. The van der Waals surface area contributed by atoms with Crippen molar-refractivity contribution in [3.05, 3.63) is 23.9 Å². The van der Waals surface area contributed by atoms with Crippen LogP contribution < -0.4 is 10.5 Å². The van der Waals surface area contributed by atoms with E-state index < -0.39 is 15.9 Å². The maximum atomic E-state index is 11.8. The number of sulfonamides is 1. The number of nitrogens with two attached hydrogens (primary N) is 1. The van der Waals surface area contributed by atoms with Crippen LogP contribution in [0.15, 0.2) is 18.3 Å². The Morgan fingerprint density at radius 2 is 2.10 bits per heavy atom. The van der Waals surface area contributed by atoms with Gasteiger partial charge in [0.1, 0.15) is 5.82 Å². The summed E-state index contributed by atoms with van der Waals surface area (Å²) in [4.78, 5) is 18.1. The molecule has 0 radical (unpaired) electrons. The van der Waals surface area contributed by atoms with E-state index in [0.29, 0.717) is 18.7 Å². The van der Waals surface area contributed by atoms with Gasteiger partial charge in [-0.3, -0.25) is 14.4 Å². The number of nitrogens with one attached hydrogen (secondary N) is 1. The maximum absolute atomic E-state index is 11.8. The minimum Gasteiger partial charge on any atom is -0.384 e. The molecule has 0 aliphatic carbocycles. The summed E-state index contributed by atoms with van der Waals surface area (Å²) < 4.78 is 24.2. The highest BCUT2D eigenvalue weighted by molar-refractivity contribution is 7.89. The Bertz CT molecular complexity index is 592. The first-order valence-corrected chi connectivity index (χ1v) is 8.67. The molecule has 7 nitrogen and oxygen atoms in total. The number of carbonyl (C=O) groups excluding carboxylic acids is 1. The van der Waals surface area contributed by atoms with Crippen LogP contribution in [0.3, 0.4) is 0 Å². The van der Waals surface area contributed by atoms with Gasteiger partial charge >= 0.3 is 0 Å². The molecule has 0 atom stereocenters. The van der Waals surface area contributed by atoms with Crippen LogP contribution in [0, 0.1) is 5.92 Å². The molecule has 1 fully saturated rings. The Morgan fingerprint density at radius 1 is 1.43 bits per heavy atom. The third-order valence-corrected chi connectivity index (χ3v) is 4.07. The SMILES string of the molecule is CS(=O)(=O)NC(=O)C1CCN(Cc2ccc(N)nc2)CC1. The molecule has 0 bridgehead atoms. The normalized spacial score (nSPS) is 17.6. The molecule has 8 heteroatoms. The Hall–Kier alpha value is -1.67. The van der Waals surface area contributed by atoms with Gasteiger partial charge in [0.25, 0.3) is 0 Å². The zero-order chi connectivity index (χ0) is 15.5. The second-order valence-corrected chi connectivity index (χ2v) is 7.13. The number of piperidine rings is 1. The molecule has 2 heterocycles. The Labute approximate surface area is 124 Å². The summed E-state index contributed by atoms with van der Waals surface area (Å²) in [5.74, 6) is -0.137. The average molecular weight is 312 g/mol. The minimum atomic E-state index is -3.47. The van der Waals surface area contributed by atoms with Gasteiger partial charge in [0.15, 0.2) is 0 Å². The summed E-state index contributed by atoms with van der Waals surface area (Å²) in [7, 11) is -3.47. The van der Waals surface area contributed by atoms with Gasteiger partial charge in [-0.2, -0.15) is 0 Å². The van der Waals surface area contributed by atoms with Crippen molar-refractivity contribution in [2.24, 2.45) is 5.92 Å². The second-order valence-electron chi connectivity index (χ2n) is 5.38. The van der Waals surface area contributed by atoms with Crippen molar-refractivity contribution in [1.82, 2.24) is 14.6 Å². The molecular weight excluding hydrogens is 292 g/mol. The number of aromatic nitrogens is 1. The Balaban J connectivity index is 1.83. The fraction of sp³-hybridized carbons (Fsp3) is 0.538. The standard InChI is InChI=1S/C13H20N4O3S/c1-21(19,20)16-13(18)11-4-6-17(7-5-11)9-10-2-3-12(14)15-8-10/h2-3,8,11H,4-7,9H2,1H3,(H2,14,15)(H,16,18). The summed E-state index contributed by atoms with van der Waals surface area (Å²) in [6.45, 7) is 2.27. The first-order valence-electron chi connectivity index (χ1n) is 6.78. The van der Waals surface area contributed by atoms with E-state index in [9.17, 15) is 13.2 Å². The molecule has 3 N–H and O–H groups in total. The molecule has 1 aliphatic rings. The van der Waals surface area contributed by atoms with E-state index in [1.807, 2.05) is 6.07 Å². The molecule has 2 rings (SSSR count). The quantitative estimate of drug-likeness (QED) is 0.807. The van der Waals surface area contributed by atoms with E-state index >= 15 is 0 Å². The number of nitrogen functional groups attached to an aromatic ring is 1. The van der Waals surface area contributed by atoms with Crippen molar-refractivity contribution in [3.63, 3.8) is 0 Å². The Kier molecular flexibility index (Phi) is 4.79. The molecule has 21 heavy (non-hydrogen) atoms. The summed E-state index contributed by atoms with van der Waals surface area (Å²) >= 11 is 0. The van der Waals surface area contributed by atoms with E-state index in [-0.39, 0.29) is 5.92 Å².